The molecule has 1 aromatic carbocycles. The van der Waals surface area contributed by atoms with Crippen molar-refractivity contribution in [3.63, 3.8) is 0 Å². The number of benzene rings is 1. The van der Waals surface area contributed by atoms with Crippen LogP contribution in [0.1, 0.15) is 10.4 Å². The van der Waals surface area contributed by atoms with Crippen molar-refractivity contribution >= 4 is 28.5 Å². The van der Waals surface area contributed by atoms with Crippen LogP contribution in [0.15, 0.2) is 48.8 Å². The molecule has 0 aliphatic rings. The molecule has 0 saturated carbocycles. The number of rotatable bonds is 3. The van der Waals surface area contributed by atoms with Crippen LogP contribution in [0.2, 0.25) is 5.02 Å². The molecule has 2 heterocycles. The summed E-state index contributed by atoms with van der Waals surface area (Å²) in [5, 5.41) is 10.2. The highest BCUT2D eigenvalue weighted by Gasteiger charge is 2.09. The minimum absolute atomic E-state index is 0.0986. The largest absolute Gasteiger partial charge is 0.478 e. The Labute approximate surface area is 124 Å². The first-order chi connectivity index (χ1) is 10.1. The van der Waals surface area contributed by atoms with Crippen molar-refractivity contribution in [1.82, 2.24) is 9.97 Å². The molecular formula is C15H9ClN2O3. The maximum Gasteiger partial charge on any atom is 0.337 e. The molecule has 0 atom stereocenters. The monoisotopic (exact) mass is 300 g/mol. The van der Waals surface area contributed by atoms with E-state index < -0.39 is 5.97 Å². The van der Waals surface area contributed by atoms with E-state index in [1.54, 1.807) is 24.4 Å². The lowest BCUT2D eigenvalue weighted by molar-refractivity contribution is 0.0696. The summed E-state index contributed by atoms with van der Waals surface area (Å²) < 4.78 is 5.66. The van der Waals surface area contributed by atoms with Crippen LogP contribution in [0.4, 0.5) is 0 Å². The van der Waals surface area contributed by atoms with Crippen molar-refractivity contribution in [2.45, 2.75) is 0 Å². The van der Waals surface area contributed by atoms with Gasteiger partial charge in [-0.25, -0.2) is 9.78 Å². The van der Waals surface area contributed by atoms with Crippen molar-refractivity contribution in [3.05, 3.63) is 59.4 Å². The predicted molar refractivity (Wildman–Crippen MR) is 78.0 cm³/mol. The average molecular weight is 301 g/mol. The van der Waals surface area contributed by atoms with E-state index in [1.165, 1.54) is 18.3 Å². The summed E-state index contributed by atoms with van der Waals surface area (Å²) in [4.78, 5) is 19.0. The molecule has 0 aliphatic carbocycles. The third-order valence-corrected chi connectivity index (χ3v) is 3.21. The lowest BCUT2D eigenvalue weighted by Crippen LogP contribution is -1.97. The number of aromatic nitrogens is 2. The first kappa shape index (κ1) is 13.3. The number of hydrogen-bond acceptors (Lipinski definition) is 4. The SMILES string of the molecule is O=C(O)c1ccc(Oc2ccc(Cl)c3cccnc23)nc1. The van der Waals surface area contributed by atoms with Crippen LogP contribution in [-0.2, 0) is 0 Å². The maximum absolute atomic E-state index is 10.8. The molecule has 0 unspecified atom stereocenters. The lowest BCUT2D eigenvalue weighted by Gasteiger charge is -2.08. The molecule has 6 heteroatoms. The van der Waals surface area contributed by atoms with Gasteiger partial charge in [-0.1, -0.05) is 11.6 Å². The van der Waals surface area contributed by atoms with E-state index in [9.17, 15) is 4.79 Å². The second-order valence-electron chi connectivity index (χ2n) is 4.24. The molecule has 2 aromatic heterocycles. The topological polar surface area (TPSA) is 72.3 Å². The van der Waals surface area contributed by atoms with E-state index in [0.29, 0.717) is 16.3 Å². The van der Waals surface area contributed by atoms with E-state index in [4.69, 9.17) is 21.4 Å². The average Bonchev–Trinajstić information content (AvgIpc) is 2.51. The van der Waals surface area contributed by atoms with Gasteiger partial charge in [-0.3, -0.25) is 4.98 Å². The highest BCUT2D eigenvalue weighted by Crippen LogP contribution is 2.31. The van der Waals surface area contributed by atoms with Gasteiger partial charge in [-0.05, 0) is 30.3 Å². The second kappa shape index (κ2) is 5.38. The fourth-order valence-corrected chi connectivity index (χ4v) is 2.09. The number of fused-ring (bicyclic) bond motifs is 1. The molecule has 3 rings (SSSR count). The van der Waals surface area contributed by atoms with E-state index in [0.717, 1.165) is 5.39 Å². The fourth-order valence-electron chi connectivity index (χ4n) is 1.87. The Morgan fingerprint density at radius 1 is 1.14 bits per heavy atom. The Kier molecular flexibility index (Phi) is 3.41. The Hall–Kier alpha value is -2.66. The van der Waals surface area contributed by atoms with Crippen LogP contribution in [0, 0.1) is 0 Å². The molecular weight excluding hydrogens is 292 g/mol. The third-order valence-electron chi connectivity index (χ3n) is 2.88. The minimum atomic E-state index is -1.03. The van der Waals surface area contributed by atoms with Crippen LogP contribution >= 0.6 is 11.6 Å². The van der Waals surface area contributed by atoms with Gasteiger partial charge in [0.2, 0.25) is 5.88 Å². The zero-order valence-corrected chi connectivity index (χ0v) is 11.4. The van der Waals surface area contributed by atoms with Gasteiger partial charge in [0.25, 0.3) is 0 Å². The van der Waals surface area contributed by atoms with Crippen LogP contribution in [0.5, 0.6) is 11.6 Å². The van der Waals surface area contributed by atoms with Gasteiger partial charge in [0, 0.05) is 23.8 Å². The van der Waals surface area contributed by atoms with Gasteiger partial charge in [0.15, 0.2) is 5.75 Å². The third kappa shape index (κ3) is 2.64. The normalized spacial score (nSPS) is 10.5. The number of carboxylic acids is 1. The number of hydrogen-bond donors (Lipinski definition) is 1. The Morgan fingerprint density at radius 2 is 2.00 bits per heavy atom. The summed E-state index contributed by atoms with van der Waals surface area (Å²) >= 11 is 6.11. The molecule has 104 valence electrons. The molecule has 21 heavy (non-hydrogen) atoms. The van der Waals surface area contributed by atoms with Gasteiger partial charge < -0.3 is 9.84 Å². The Morgan fingerprint density at radius 3 is 2.71 bits per heavy atom. The summed E-state index contributed by atoms with van der Waals surface area (Å²) in [6.45, 7) is 0. The minimum Gasteiger partial charge on any atom is -0.478 e. The highest BCUT2D eigenvalue weighted by atomic mass is 35.5. The summed E-state index contributed by atoms with van der Waals surface area (Å²) in [6.07, 6.45) is 2.88. The number of carbonyl (C=O) groups is 1. The first-order valence-electron chi connectivity index (χ1n) is 6.05. The van der Waals surface area contributed by atoms with Crippen molar-refractivity contribution in [1.29, 1.82) is 0 Å². The van der Waals surface area contributed by atoms with Crippen molar-refractivity contribution < 1.29 is 14.6 Å². The molecule has 5 nitrogen and oxygen atoms in total. The van der Waals surface area contributed by atoms with E-state index >= 15 is 0 Å². The quantitative estimate of drug-likeness (QED) is 0.797. The number of aromatic carboxylic acids is 1. The molecule has 0 bridgehead atoms. The van der Waals surface area contributed by atoms with Crippen LogP contribution < -0.4 is 4.74 Å². The van der Waals surface area contributed by atoms with Crippen molar-refractivity contribution in [3.8, 4) is 11.6 Å². The maximum atomic E-state index is 10.8. The molecule has 0 fully saturated rings. The zero-order chi connectivity index (χ0) is 14.8. The molecule has 1 N–H and O–H groups in total. The van der Waals surface area contributed by atoms with Gasteiger partial charge in [0.05, 0.1) is 10.6 Å². The standard InChI is InChI=1S/C15H9ClN2O3/c16-11-4-5-12(14-10(11)2-1-7-17-14)21-13-6-3-9(8-18-13)15(19)20/h1-8H,(H,19,20). The summed E-state index contributed by atoms with van der Waals surface area (Å²) in [7, 11) is 0. The number of nitrogens with zero attached hydrogens (tertiary/aromatic N) is 2. The lowest BCUT2D eigenvalue weighted by atomic mass is 10.2. The van der Waals surface area contributed by atoms with E-state index in [-0.39, 0.29) is 11.4 Å². The van der Waals surface area contributed by atoms with Gasteiger partial charge in [-0.15, -0.1) is 0 Å². The van der Waals surface area contributed by atoms with Crippen LogP contribution in [0.25, 0.3) is 10.9 Å². The van der Waals surface area contributed by atoms with Gasteiger partial charge in [-0.2, -0.15) is 0 Å². The Bertz CT molecular complexity index is 819. The molecule has 0 spiro atoms. The highest BCUT2D eigenvalue weighted by molar-refractivity contribution is 6.35. The molecule has 3 aromatic rings. The molecule has 0 radical (unpaired) electrons. The Balaban J connectivity index is 1.98. The number of ether oxygens (including phenoxy) is 1. The second-order valence-corrected chi connectivity index (χ2v) is 4.64. The van der Waals surface area contributed by atoms with Gasteiger partial charge >= 0.3 is 5.97 Å². The van der Waals surface area contributed by atoms with Crippen molar-refractivity contribution in [2.75, 3.05) is 0 Å². The predicted octanol–water partition coefficient (Wildman–Crippen LogP) is 3.77. The van der Waals surface area contributed by atoms with E-state index in [2.05, 4.69) is 9.97 Å². The van der Waals surface area contributed by atoms with E-state index in [1.807, 2.05) is 6.07 Å². The fraction of sp³-hybridized carbons (Fsp3) is 0. The summed E-state index contributed by atoms with van der Waals surface area (Å²) in [5.74, 6) is -0.243. The smallest absolute Gasteiger partial charge is 0.337 e. The first-order valence-corrected chi connectivity index (χ1v) is 6.43. The molecule has 0 saturated heterocycles. The van der Waals surface area contributed by atoms with Crippen molar-refractivity contribution in [2.24, 2.45) is 0 Å². The molecule has 0 aliphatic heterocycles. The van der Waals surface area contributed by atoms with Gasteiger partial charge in [0.1, 0.15) is 5.52 Å². The summed E-state index contributed by atoms with van der Waals surface area (Å²) in [5.41, 5.74) is 0.718. The molecule has 0 amide bonds. The van der Waals surface area contributed by atoms with Crippen LogP contribution in [0.3, 0.4) is 0 Å². The number of carboxylic acid groups (broad SMARTS) is 1. The zero-order valence-electron chi connectivity index (χ0n) is 10.7. The summed E-state index contributed by atoms with van der Waals surface area (Å²) in [6, 6.07) is 9.97. The van der Waals surface area contributed by atoms with Crippen LogP contribution in [-0.4, -0.2) is 21.0 Å². The number of pyridine rings is 2. The number of halogens is 1.